The van der Waals surface area contributed by atoms with Gasteiger partial charge >= 0.3 is 0 Å². The Bertz CT molecular complexity index is 224. The normalized spacial score (nSPS) is 11.8. The average Bonchev–Trinajstić information content (AvgIpc) is 2.30. The largest absolute Gasteiger partial charge is 0.380 e. The van der Waals surface area contributed by atoms with E-state index in [1.54, 1.807) is 0 Å². The highest BCUT2D eigenvalue weighted by Gasteiger charge is 2.15. The number of nitrogens with zero attached hydrogens (tertiary/aromatic N) is 1. The highest BCUT2D eigenvalue weighted by Crippen LogP contribution is 2.04. The maximum Gasteiger partial charge on any atom is 0.237 e. The van der Waals surface area contributed by atoms with Gasteiger partial charge < -0.3 is 10.1 Å². The van der Waals surface area contributed by atoms with E-state index in [0.29, 0.717) is 19.6 Å². The summed E-state index contributed by atoms with van der Waals surface area (Å²) in [6.45, 7) is 5.82. The lowest BCUT2D eigenvalue weighted by Gasteiger charge is -2.09. The van der Waals surface area contributed by atoms with E-state index in [4.69, 9.17) is 10.00 Å². The van der Waals surface area contributed by atoms with E-state index in [2.05, 4.69) is 12.2 Å². The lowest BCUT2D eigenvalue weighted by molar-refractivity contribution is -0.123. The van der Waals surface area contributed by atoms with Crippen LogP contribution >= 0.6 is 0 Å². The van der Waals surface area contributed by atoms with Crippen LogP contribution in [-0.4, -0.2) is 25.7 Å². The Morgan fingerprint density at radius 2 is 2.12 bits per heavy atom. The van der Waals surface area contributed by atoms with Crippen molar-refractivity contribution in [3.05, 3.63) is 0 Å². The Labute approximate surface area is 98.0 Å². The predicted octanol–water partition coefficient (Wildman–Crippen LogP) is 1.86. The minimum Gasteiger partial charge on any atom is -0.380 e. The molecule has 0 aliphatic carbocycles. The third-order valence-electron chi connectivity index (χ3n) is 2.24. The lowest BCUT2D eigenvalue weighted by atomic mass is 10.1. The molecule has 1 N–H and O–H groups in total. The van der Waals surface area contributed by atoms with E-state index < -0.39 is 5.92 Å². The van der Waals surface area contributed by atoms with Crippen LogP contribution in [0.2, 0.25) is 0 Å². The SMILES string of the molecule is CCCCOCCNC(=O)C(C#N)CCC. The first-order chi connectivity index (χ1) is 7.76. The van der Waals surface area contributed by atoms with Gasteiger partial charge in [-0.1, -0.05) is 26.7 Å². The van der Waals surface area contributed by atoms with Gasteiger partial charge in [0.2, 0.25) is 5.91 Å². The van der Waals surface area contributed by atoms with Gasteiger partial charge in [0.25, 0.3) is 0 Å². The zero-order valence-corrected chi connectivity index (χ0v) is 10.3. The van der Waals surface area contributed by atoms with Crippen LogP contribution < -0.4 is 5.32 Å². The van der Waals surface area contributed by atoms with Crippen molar-refractivity contribution in [3.63, 3.8) is 0 Å². The van der Waals surface area contributed by atoms with Crippen LogP contribution in [0.5, 0.6) is 0 Å². The van der Waals surface area contributed by atoms with Crippen molar-refractivity contribution in [1.29, 1.82) is 5.26 Å². The van der Waals surface area contributed by atoms with Gasteiger partial charge in [0, 0.05) is 13.2 Å². The fourth-order valence-corrected chi connectivity index (χ4v) is 1.26. The molecular formula is C12H22N2O2. The van der Waals surface area contributed by atoms with Crippen LogP contribution in [0.4, 0.5) is 0 Å². The molecule has 1 atom stereocenters. The molecule has 0 saturated heterocycles. The molecule has 0 aliphatic rings. The summed E-state index contributed by atoms with van der Waals surface area (Å²) in [7, 11) is 0. The summed E-state index contributed by atoms with van der Waals surface area (Å²) < 4.78 is 5.30. The summed E-state index contributed by atoms with van der Waals surface area (Å²) >= 11 is 0. The minimum atomic E-state index is -0.513. The Hall–Kier alpha value is -1.08. The van der Waals surface area contributed by atoms with E-state index in [9.17, 15) is 4.79 Å². The fraction of sp³-hybridized carbons (Fsp3) is 0.833. The zero-order valence-electron chi connectivity index (χ0n) is 10.3. The second-order valence-electron chi connectivity index (χ2n) is 3.73. The van der Waals surface area contributed by atoms with E-state index in [0.717, 1.165) is 25.9 Å². The third-order valence-corrected chi connectivity index (χ3v) is 2.24. The summed E-state index contributed by atoms with van der Waals surface area (Å²) in [6.07, 6.45) is 3.63. The van der Waals surface area contributed by atoms with Gasteiger partial charge in [-0.05, 0) is 12.8 Å². The molecule has 16 heavy (non-hydrogen) atoms. The first-order valence-electron chi connectivity index (χ1n) is 6.01. The molecule has 0 heterocycles. The number of unbranched alkanes of at least 4 members (excludes halogenated alkanes) is 1. The molecule has 1 amide bonds. The maximum absolute atomic E-state index is 11.5. The van der Waals surface area contributed by atoms with E-state index in [1.807, 2.05) is 13.0 Å². The number of carbonyl (C=O) groups excluding carboxylic acids is 1. The molecule has 0 saturated carbocycles. The van der Waals surface area contributed by atoms with Crippen molar-refractivity contribution >= 4 is 5.91 Å². The fourth-order valence-electron chi connectivity index (χ4n) is 1.26. The van der Waals surface area contributed by atoms with Gasteiger partial charge in [-0.2, -0.15) is 5.26 Å². The molecule has 4 nitrogen and oxygen atoms in total. The molecule has 4 heteroatoms. The van der Waals surface area contributed by atoms with E-state index >= 15 is 0 Å². The predicted molar refractivity (Wildman–Crippen MR) is 62.7 cm³/mol. The van der Waals surface area contributed by atoms with Crippen molar-refractivity contribution in [2.24, 2.45) is 5.92 Å². The van der Waals surface area contributed by atoms with E-state index in [-0.39, 0.29) is 5.91 Å². The summed E-state index contributed by atoms with van der Waals surface area (Å²) in [4.78, 5) is 11.5. The first-order valence-corrected chi connectivity index (χ1v) is 6.01. The molecule has 0 radical (unpaired) electrons. The van der Waals surface area contributed by atoms with Gasteiger partial charge in [0.05, 0.1) is 12.7 Å². The number of nitrogens with one attached hydrogen (secondary N) is 1. The van der Waals surface area contributed by atoms with Crippen molar-refractivity contribution in [2.45, 2.75) is 39.5 Å². The zero-order chi connectivity index (χ0) is 12.2. The highest BCUT2D eigenvalue weighted by atomic mass is 16.5. The molecule has 92 valence electrons. The van der Waals surface area contributed by atoms with E-state index in [1.165, 1.54) is 0 Å². The molecule has 0 aromatic heterocycles. The summed E-state index contributed by atoms with van der Waals surface area (Å²) in [6, 6.07) is 2.01. The number of amides is 1. The van der Waals surface area contributed by atoms with Gasteiger partial charge in [-0.25, -0.2) is 0 Å². The van der Waals surface area contributed by atoms with Crippen molar-refractivity contribution in [3.8, 4) is 6.07 Å². The topological polar surface area (TPSA) is 62.1 Å². The molecule has 0 spiro atoms. The second-order valence-corrected chi connectivity index (χ2v) is 3.73. The van der Waals surface area contributed by atoms with Crippen LogP contribution in [-0.2, 0) is 9.53 Å². The molecular weight excluding hydrogens is 204 g/mol. The molecule has 0 rings (SSSR count). The van der Waals surface area contributed by atoms with Crippen LogP contribution in [0.25, 0.3) is 0 Å². The molecule has 0 aliphatic heterocycles. The van der Waals surface area contributed by atoms with Crippen LogP contribution in [0.1, 0.15) is 39.5 Å². The highest BCUT2D eigenvalue weighted by molar-refractivity contribution is 5.80. The summed E-state index contributed by atoms with van der Waals surface area (Å²) in [5, 5.41) is 11.5. The van der Waals surface area contributed by atoms with Crippen LogP contribution in [0, 0.1) is 17.2 Å². The van der Waals surface area contributed by atoms with Gasteiger partial charge in [-0.15, -0.1) is 0 Å². The quantitative estimate of drug-likeness (QED) is 0.610. The maximum atomic E-state index is 11.5. The average molecular weight is 226 g/mol. The Kier molecular flexibility index (Phi) is 9.73. The number of nitriles is 1. The molecule has 0 aromatic carbocycles. The summed E-state index contributed by atoms with van der Waals surface area (Å²) in [5.74, 6) is -0.691. The molecule has 0 aromatic rings. The smallest absolute Gasteiger partial charge is 0.237 e. The Balaban J connectivity index is 3.53. The Morgan fingerprint density at radius 1 is 1.38 bits per heavy atom. The van der Waals surface area contributed by atoms with Crippen molar-refractivity contribution in [1.82, 2.24) is 5.32 Å². The standard InChI is InChI=1S/C12H22N2O2/c1-3-5-8-16-9-7-14-12(15)11(10-13)6-4-2/h11H,3-9H2,1-2H3,(H,14,15). The van der Waals surface area contributed by atoms with Crippen LogP contribution in [0.15, 0.2) is 0 Å². The number of rotatable bonds is 9. The first kappa shape index (κ1) is 14.9. The lowest BCUT2D eigenvalue weighted by Crippen LogP contribution is -2.32. The molecule has 0 bridgehead atoms. The minimum absolute atomic E-state index is 0.177. The molecule has 0 fully saturated rings. The van der Waals surface area contributed by atoms with Gasteiger partial charge in [-0.3, -0.25) is 4.79 Å². The number of ether oxygens (including phenoxy) is 1. The second kappa shape index (κ2) is 10.4. The van der Waals surface area contributed by atoms with Gasteiger partial charge in [0.15, 0.2) is 0 Å². The Morgan fingerprint density at radius 3 is 2.69 bits per heavy atom. The third kappa shape index (κ3) is 7.24. The number of hydrogen-bond donors (Lipinski definition) is 1. The van der Waals surface area contributed by atoms with Crippen LogP contribution in [0.3, 0.4) is 0 Å². The van der Waals surface area contributed by atoms with Crippen molar-refractivity contribution < 1.29 is 9.53 Å². The number of hydrogen-bond acceptors (Lipinski definition) is 3. The number of carbonyl (C=O) groups is 1. The molecule has 1 unspecified atom stereocenters. The van der Waals surface area contributed by atoms with Crippen molar-refractivity contribution in [2.75, 3.05) is 19.8 Å². The monoisotopic (exact) mass is 226 g/mol. The summed E-state index contributed by atoms with van der Waals surface area (Å²) in [5.41, 5.74) is 0. The van der Waals surface area contributed by atoms with Gasteiger partial charge in [0.1, 0.15) is 5.92 Å².